The number of benzene rings is 1. The van der Waals surface area contributed by atoms with Crippen molar-refractivity contribution in [3.63, 3.8) is 0 Å². The van der Waals surface area contributed by atoms with Crippen molar-refractivity contribution < 1.29 is 0 Å². The number of thiazole rings is 1. The minimum atomic E-state index is 0.267. The Morgan fingerprint density at radius 1 is 1.22 bits per heavy atom. The number of thiophene rings is 1. The summed E-state index contributed by atoms with van der Waals surface area (Å²) in [5.41, 5.74) is 3.94. The molecule has 0 fully saturated rings. The minimum absolute atomic E-state index is 0.267. The molecule has 4 heteroatoms. The van der Waals surface area contributed by atoms with Crippen molar-refractivity contribution in [1.82, 2.24) is 10.3 Å². The summed E-state index contributed by atoms with van der Waals surface area (Å²) in [4.78, 5) is 4.50. The summed E-state index contributed by atoms with van der Waals surface area (Å²) in [5, 5.41) is 11.2. The molecule has 1 aromatic carbocycles. The summed E-state index contributed by atoms with van der Waals surface area (Å²) >= 11 is 3.47. The van der Waals surface area contributed by atoms with Crippen molar-refractivity contribution in [2.75, 3.05) is 6.54 Å². The van der Waals surface area contributed by atoms with Gasteiger partial charge in [-0.2, -0.15) is 11.3 Å². The van der Waals surface area contributed by atoms with Gasteiger partial charge >= 0.3 is 0 Å². The van der Waals surface area contributed by atoms with Crippen LogP contribution in [-0.4, -0.2) is 11.5 Å². The van der Waals surface area contributed by atoms with Gasteiger partial charge in [0.2, 0.25) is 0 Å². The SMILES string of the molecule is C/C(=C\c1ccccc1)CNC(Cc1ccsc1)c1nccs1. The number of rotatable bonds is 7. The number of nitrogens with one attached hydrogen (secondary N) is 1. The molecule has 0 spiro atoms. The first-order valence-corrected chi connectivity index (χ1v) is 9.49. The van der Waals surface area contributed by atoms with Gasteiger partial charge in [-0.3, -0.25) is 0 Å². The van der Waals surface area contributed by atoms with Crippen LogP contribution in [0.15, 0.2) is 64.3 Å². The highest BCUT2D eigenvalue weighted by molar-refractivity contribution is 7.09. The molecular weight excluding hydrogens is 320 g/mol. The molecule has 0 bridgehead atoms. The normalized spacial score (nSPS) is 13.2. The third-order valence-electron chi connectivity index (χ3n) is 3.61. The van der Waals surface area contributed by atoms with Gasteiger partial charge in [0, 0.05) is 18.1 Å². The first kappa shape index (κ1) is 16.1. The van der Waals surface area contributed by atoms with Gasteiger partial charge in [-0.25, -0.2) is 4.98 Å². The molecule has 1 N–H and O–H groups in total. The van der Waals surface area contributed by atoms with Crippen LogP contribution in [-0.2, 0) is 6.42 Å². The molecule has 0 radical (unpaired) electrons. The maximum atomic E-state index is 4.50. The fraction of sp³-hybridized carbons (Fsp3) is 0.211. The number of hydrogen-bond donors (Lipinski definition) is 1. The van der Waals surface area contributed by atoms with Crippen LogP contribution in [0.2, 0.25) is 0 Å². The lowest BCUT2D eigenvalue weighted by atomic mass is 10.1. The summed E-state index contributed by atoms with van der Waals surface area (Å²) in [5.74, 6) is 0. The van der Waals surface area contributed by atoms with E-state index in [9.17, 15) is 0 Å². The Kier molecular flexibility index (Phi) is 5.75. The van der Waals surface area contributed by atoms with Crippen molar-refractivity contribution in [3.8, 4) is 0 Å². The second-order valence-electron chi connectivity index (χ2n) is 5.54. The molecule has 2 heterocycles. The molecule has 3 rings (SSSR count). The van der Waals surface area contributed by atoms with Crippen LogP contribution in [0.4, 0.5) is 0 Å². The van der Waals surface area contributed by atoms with E-state index in [1.807, 2.05) is 17.6 Å². The second-order valence-corrected chi connectivity index (χ2v) is 7.25. The summed E-state index contributed by atoms with van der Waals surface area (Å²) in [6, 6.07) is 12.9. The van der Waals surface area contributed by atoms with Gasteiger partial charge in [-0.05, 0) is 41.3 Å². The van der Waals surface area contributed by atoms with Crippen LogP contribution in [0.5, 0.6) is 0 Å². The molecule has 1 atom stereocenters. The van der Waals surface area contributed by atoms with Gasteiger partial charge in [0.1, 0.15) is 5.01 Å². The largest absolute Gasteiger partial charge is 0.304 e. The van der Waals surface area contributed by atoms with Gasteiger partial charge in [0.15, 0.2) is 0 Å². The lowest BCUT2D eigenvalue weighted by Crippen LogP contribution is -2.24. The van der Waals surface area contributed by atoms with E-state index in [1.165, 1.54) is 16.7 Å². The van der Waals surface area contributed by atoms with E-state index in [4.69, 9.17) is 0 Å². The average Bonchev–Trinajstić information content (AvgIpc) is 3.26. The summed E-state index contributed by atoms with van der Waals surface area (Å²) in [6.45, 7) is 3.03. The Bertz CT molecular complexity index is 716. The highest BCUT2D eigenvalue weighted by Gasteiger charge is 2.14. The summed E-state index contributed by atoms with van der Waals surface area (Å²) < 4.78 is 0. The molecule has 0 saturated heterocycles. The summed E-state index contributed by atoms with van der Waals surface area (Å²) in [6.07, 6.45) is 5.10. The van der Waals surface area contributed by atoms with E-state index >= 15 is 0 Å². The van der Waals surface area contributed by atoms with Crippen LogP contribution < -0.4 is 5.32 Å². The zero-order chi connectivity index (χ0) is 15.9. The molecule has 0 amide bonds. The molecule has 2 nitrogen and oxygen atoms in total. The smallest absolute Gasteiger partial charge is 0.110 e. The van der Waals surface area contributed by atoms with Gasteiger partial charge in [0.25, 0.3) is 0 Å². The molecule has 118 valence electrons. The van der Waals surface area contributed by atoms with E-state index in [2.05, 4.69) is 64.4 Å². The standard InChI is InChI=1S/C19H20N2S2/c1-15(11-16-5-3-2-4-6-16)13-21-18(19-20-8-10-23-19)12-17-7-9-22-14-17/h2-11,14,18,21H,12-13H2,1H3/b15-11+. The average molecular weight is 341 g/mol. The molecule has 0 aliphatic carbocycles. The van der Waals surface area contributed by atoms with E-state index in [0.29, 0.717) is 0 Å². The number of hydrogen-bond acceptors (Lipinski definition) is 4. The van der Waals surface area contributed by atoms with Crippen molar-refractivity contribution in [2.45, 2.75) is 19.4 Å². The van der Waals surface area contributed by atoms with Crippen molar-refractivity contribution >= 4 is 28.7 Å². The Labute approximate surface area is 145 Å². The van der Waals surface area contributed by atoms with Crippen LogP contribution in [0.25, 0.3) is 6.08 Å². The maximum Gasteiger partial charge on any atom is 0.110 e. The quantitative estimate of drug-likeness (QED) is 0.641. The Morgan fingerprint density at radius 2 is 2.09 bits per heavy atom. The van der Waals surface area contributed by atoms with Crippen LogP contribution in [0.3, 0.4) is 0 Å². The Balaban J connectivity index is 1.65. The van der Waals surface area contributed by atoms with E-state index in [-0.39, 0.29) is 6.04 Å². The van der Waals surface area contributed by atoms with Crippen molar-refractivity contribution in [1.29, 1.82) is 0 Å². The highest BCUT2D eigenvalue weighted by atomic mass is 32.1. The maximum absolute atomic E-state index is 4.50. The van der Waals surface area contributed by atoms with Gasteiger partial charge in [0.05, 0.1) is 6.04 Å². The fourth-order valence-electron chi connectivity index (χ4n) is 2.47. The number of nitrogens with zero attached hydrogens (tertiary/aromatic N) is 1. The first-order chi connectivity index (χ1) is 11.3. The lowest BCUT2D eigenvalue weighted by molar-refractivity contribution is 0.555. The van der Waals surface area contributed by atoms with Gasteiger partial charge < -0.3 is 5.32 Å². The predicted molar refractivity (Wildman–Crippen MR) is 101 cm³/mol. The zero-order valence-electron chi connectivity index (χ0n) is 13.1. The Hall–Kier alpha value is -1.75. The van der Waals surface area contributed by atoms with Crippen molar-refractivity contribution in [2.24, 2.45) is 0 Å². The molecule has 1 unspecified atom stereocenters. The molecule has 3 aromatic rings. The second kappa shape index (κ2) is 8.20. The number of aromatic nitrogens is 1. The van der Waals surface area contributed by atoms with Crippen LogP contribution in [0.1, 0.15) is 29.1 Å². The molecular formula is C19H20N2S2. The predicted octanol–water partition coefficient (Wildman–Crippen LogP) is 5.18. The fourth-order valence-corrected chi connectivity index (χ4v) is 3.86. The zero-order valence-corrected chi connectivity index (χ0v) is 14.7. The molecule has 23 heavy (non-hydrogen) atoms. The van der Waals surface area contributed by atoms with Crippen LogP contribution >= 0.6 is 22.7 Å². The van der Waals surface area contributed by atoms with Gasteiger partial charge in [-0.1, -0.05) is 42.0 Å². The van der Waals surface area contributed by atoms with Crippen LogP contribution in [0, 0.1) is 0 Å². The van der Waals surface area contributed by atoms with E-state index in [1.54, 1.807) is 22.7 Å². The molecule has 0 saturated carbocycles. The van der Waals surface area contributed by atoms with E-state index in [0.717, 1.165) is 18.0 Å². The molecule has 0 aliphatic heterocycles. The first-order valence-electron chi connectivity index (χ1n) is 7.67. The van der Waals surface area contributed by atoms with E-state index < -0.39 is 0 Å². The Morgan fingerprint density at radius 3 is 2.78 bits per heavy atom. The summed E-state index contributed by atoms with van der Waals surface area (Å²) in [7, 11) is 0. The highest BCUT2D eigenvalue weighted by Crippen LogP contribution is 2.22. The third-order valence-corrected chi connectivity index (χ3v) is 5.23. The lowest BCUT2D eigenvalue weighted by Gasteiger charge is -2.16. The van der Waals surface area contributed by atoms with Crippen molar-refractivity contribution in [3.05, 3.63) is 80.4 Å². The molecule has 2 aromatic heterocycles. The topological polar surface area (TPSA) is 24.9 Å². The minimum Gasteiger partial charge on any atom is -0.304 e. The third kappa shape index (κ3) is 4.86. The molecule has 0 aliphatic rings. The van der Waals surface area contributed by atoms with Gasteiger partial charge in [-0.15, -0.1) is 11.3 Å². The monoisotopic (exact) mass is 340 g/mol.